The minimum atomic E-state index is -0.205. The van der Waals surface area contributed by atoms with Gasteiger partial charge in [0.2, 0.25) is 0 Å². The molecule has 0 radical (unpaired) electrons. The van der Waals surface area contributed by atoms with Crippen LogP contribution in [0.15, 0.2) is 24.3 Å². The molecule has 2 rings (SSSR count). The Morgan fingerprint density at radius 1 is 0.700 bits per heavy atom. The molecule has 0 atom stereocenters. The molecule has 0 aromatic heterocycles. The summed E-state index contributed by atoms with van der Waals surface area (Å²) in [5.41, 5.74) is 0.987. The van der Waals surface area contributed by atoms with Gasteiger partial charge in [-0.1, -0.05) is 12.1 Å². The number of imide groups is 1. The SMILES string of the molecule is CSOCCOCCOCCOCCOCCCCN1C(=O)c2ccccc2C1=O. The molecule has 30 heavy (non-hydrogen) atoms. The average molecular weight is 442 g/mol. The van der Waals surface area contributed by atoms with E-state index in [1.807, 2.05) is 6.26 Å². The fraction of sp³-hybridized carbons (Fsp3) is 0.619. The van der Waals surface area contributed by atoms with Crippen LogP contribution in [0.5, 0.6) is 0 Å². The number of ether oxygens (including phenoxy) is 4. The molecule has 8 nitrogen and oxygen atoms in total. The van der Waals surface area contributed by atoms with E-state index >= 15 is 0 Å². The van der Waals surface area contributed by atoms with Crippen molar-refractivity contribution in [1.29, 1.82) is 0 Å². The minimum absolute atomic E-state index is 0.205. The lowest BCUT2D eigenvalue weighted by molar-refractivity contribution is -0.00438. The summed E-state index contributed by atoms with van der Waals surface area (Å²) in [4.78, 5) is 25.8. The fourth-order valence-electron chi connectivity index (χ4n) is 2.85. The molecule has 168 valence electrons. The molecule has 2 amide bonds. The van der Waals surface area contributed by atoms with E-state index in [1.165, 1.54) is 16.9 Å². The number of benzene rings is 1. The number of hydrogen-bond acceptors (Lipinski definition) is 8. The molecule has 0 aliphatic carbocycles. The first kappa shape index (κ1) is 24.8. The monoisotopic (exact) mass is 441 g/mol. The molecule has 0 saturated heterocycles. The van der Waals surface area contributed by atoms with Crippen molar-refractivity contribution in [2.24, 2.45) is 0 Å². The first-order chi connectivity index (χ1) is 14.8. The first-order valence-corrected chi connectivity index (χ1v) is 11.3. The highest BCUT2D eigenvalue weighted by Gasteiger charge is 2.34. The minimum Gasteiger partial charge on any atom is -0.379 e. The van der Waals surface area contributed by atoms with Crippen LogP contribution in [0, 0.1) is 0 Å². The van der Waals surface area contributed by atoms with Crippen LogP contribution in [0.1, 0.15) is 33.6 Å². The van der Waals surface area contributed by atoms with Crippen LogP contribution in [0.3, 0.4) is 0 Å². The Morgan fingerprint density at radius 2 is 1.17 bits per heavy atom. The Hall–Kier alpha value is -1.49. The predicted molar refractivity (Wildman–Crippen MR) is 114 cm³/mol. The van der Waals surface area contributed by atoms with Crippen LogP contribution in [0.25, 0.3) is 0 Å². The smallest absolute Gasteiger partial charge is 0.261 e. The van der Waals surface area contributed by atoms with Crippen LogP contribution >= 0.6 is 12.0 Å². The second-order valence-corrected chi connectivity index (χ2v) is 7.02. The predicted octanol–water partition coefficient (Wildman–Crippen LogP) is 2.42. The third-order valence-corrected chi connectivity index (χ3v) is 4.75. The molecule has 0 spiro atoms. The summed E-state index contributed by atoms with van der Waals surface area (Å²) < 4.78 is 26.7. The number of nitrogens with zero attached hydrogens (tertiary/aromatic N) is 1. The lowest BCUT2D eigenvalue weighted by Gasteiger charge is -2.13. The highest BCUT2D eigenvalue weighted by molar-refractivity contribution is 7.93. The van der Waals surface area contributed by atoms with E-state index < -0.39 is 0 Å². The van der Waals surface area contributed by atoms with Crippen molar-refractivity contribution >= 4 is 23.9 Å². The molecule has 0 unspecified atom stereocenters. The largest absolute Gasteiger partial charge is 0.379 e. The van der Waals surface area contributed by atoms with Crippen LogP contribution in [-0.2, 0) is 23.1 Å². The first-order valence-electron chi connectivity index (χ1n) is 10.2. The fourth-order valence-corrected chi connectivity index (χ4v) is 3.09. The zero-order valence-electron chi connectivity index (χ0n) is 17.5. The second kappa shape index (κ2) is 15.3. The van der Waals surface area contributed by atoms with Gasteiger partial charge >= 0.3 is 0 Å². The van der Waals surface area contributed by atoms with E-state index in [2.05, 4.69) is 0 Å². The van der Waals surface area contributed by atoms with E-state index in [-0.39, 0.29) is 11.8 Å². The zero-order chi connectivity index (χ0) is 21.4. The Bertz CT molecular complexity index is 609. The zero-order valence-corrected chi connectivity index (χ0v) is 18.3. The number of rotatable bonds is 18. The molecule has 0 N–H and O–H groups in total. The summed E-state index contributed by atoms with van der Waals surface area (Å²) in [6.45, 7) is 5.25. The van der Waals surface area contributed by atoms with Gasteiger partial charge in [-0.25, -0.2) is 0 Å². The molecule has 0 fully saturated rings. The van der Waals surface area contributed by atoms with Crippen molar-refractivity contribution in [2.75, 3.05) is 72.3 Å². The van der Waals surface area contributed by atoms with Crippen LogP contribution < -0.4 is 0 Å². The molecular formula is C21H31NO7S. The maximum atomic E-state index is 12.2. The molecule has 1 aromatic carbocycles. The summed E-state index contributed by atoms with van der Waals surface area (Å²) in [5, 5.41) is 0. The van der Waals surface area contributed by atoms with Gasteiger partial charge in [0.05, 0.1) is 64.0 Å². The third kappa shape index (κ3) is 8.71. The number of amides is 2. The molecule has 9 heteroatoms. The maximum Gasteiger partial charge on any atom is 0.261 e. The molecule has 1 aromatic rings. The summed E-state index contributed by atoms with van der Waals surface area (Å²) in [7, 11) is 0. The summed E-state index contributed by atoms with van der Waals surface area (Å²) in [5.74, 6) is -0.411. The molecule has 1 aliphatic heterocycles. The molecule has 0 saturated carbocycles. The molecule has 0 bridgehead atoms. The van der Waals surface area contributed by atoms with Crippen molar-refractivity contribution in [3.8, 4) is 0 Å². The summed E-state index contributed by atoms with van der Waals surface area (Å²) in [6, 6.07) is 6.94. The number of carbonyl (C=O) groups excluding carboxylic acids is 2. The third-order valence-electron chi connectivity index (χ3n) is 4.34. The van der Waals surface area contributed by atoms with Gasteiger partial charge in [0.25, 0.3) is 11.8 Å². The van der Waals surface area contributed by atoms with Gasteiger partial charge in [-0.15, -0.1) is 0 Å². The molecular weight excluding hydrogens is 410 g/mol. The van der Waals surface area contributed by atoms with Gasteiger partial charge in [-0.05, 0) is 37.0 Å². The van der Waals surface area contributed by atoms with E-state index in [9.17, 15) is 9.59 Å². The van der Waals surface area contributed by atoms with Crippen molar-refractivity contribution < 1.29 is 32.7 Å². The van der Waals surface area contributed by atoms with Gasteiger partial charge in [0.15, 0.2) is 0 Å². The van der Waals surface area contributed by atoms with E-state index in [0.29, 0.717) is 83.6 Å². The number of unbranched alkanes of at least 4 members (excludes halogenated alkanes) is 1. The Kier molecular flexibility index (Phi) is 12.7. The van der Waals surface area contributed by atoms with Crippen LogP contribution in [0.2, 0.25) is 0 Å². The van der Waals surface area contributed by atoms with Crippen molar-refractivity contribution in [3.63, 3.8) is 0 Å². The second-order valence-electron chi connectivity index (χ2n) is 6.45. The number of fused-ring (bicyclic) bond motifs is 1. The number of carbonyl (C=O) groups is 2. The lowest BCUT2D eigenvalue weighted by Crippen LogP contribution is -2.30. The van der Waals surface area contributed by atoms with Gasteiger partial charge in [0, 0.05) is 19.4 Å². The van der Waals surface area contributed by atoms with Crippen molar-refractivity contribution in [2.45, 2.75) is 12.8 Å². The molecule has 1 aliphatic rings. The van der Waals surface area contributed by atoms with E-state index in [1.54, 1.807) is 24.3 Å². The highest BCUT2D eigenvalue weighted by Crippen LogP contribution is 2.22. The van der Waals surface area contributed by atoms with E-state index in [4.69, 9.17) is 23.1 Å². The quantitative estimate of drug-likeness (QED) is 0.195. The van der Waals surface area contributed by atoms with Crippen LogP contribution in [-0.4, -0.2) is 89.0 Å². The average Bonchev–Trinajstić information content (AvgIpc) is 3.01. The van der Waals surface area contributed by atoms with Gasteiger partial charge in [-0.2, -0.15) is 0 Å². The lowest BCUT2D eigenvalue weighted by atomic mass is 10.1. The van der Waals surface area contributed by atoms with E-state index in [0.717, 1.165) is 6.42 Å². The molecule has 1 heterocycles. The number of hydrogen-bond donors (Lipinski definition) is 0. The Morgan fingerprint density at radius 3 is 1.67 bits per heavy atom. The Balaban J connectivity index is 1.35. The summed E-state index contributed by atoms with van der Waals surface area (Å²) in [6.07, 6.45) is 3.36. The topological polar surface area (TPSA) is 83.5 Å². The van der Waals surface area contributed by atoms with Crippen molar-refractivity contribution in [3.05, 3.63) is 35.4 Å². The van der Waals surface area contributed by atoms with Gasteiger partial charge < -0.3 is 23.1 Å². The van der Waals surface area contributed by atoms with Crippen LogP contribution in [0.4, 0.5) is 0 Å². The maximum absolute atomic E-state index is 12.2. The Labute approximate surface area is 182 Å². The summed E-state index contributed by atoms with van der Waals surface area (Å²) >= 11 is 1.33. The normalized spacial score (nSPS) is 13.3. The van der Waals surface area contributed by atoms with Gasteiger partial charge in [-0.3, -0.25) is 14.5 Å². The van der Waals surface area contributed by atoms with Gasteiger partial charge in [0.1, 0.15) is 0 Å². The van der Waals surface area contributed by atoms with Crippen molar-refractivity contribution in [1.82, 2.24) is 4.90 Å². The highest BCUT2D eigenvalue weighted by atomic mass is 32.2. The standard InChI is InChI=1S/C21H31NO7S/c1-30-29-17-16-28-15-14-27-13-12-26-11-10-25-9-5-4-8-22-20(23)18-6-2-3-7-19(18)21(22)24/h2-3,6-7H,4-5,8-17H2,1H3.